The molecular formula is C12H13N5O2S. The summed E-state index contributed by atoms with van der Waals surface area (Å²) < 4.78 is 12.5. The van der Waals surface area contributed by atoms with Crippen molar-refractivity contribution in [1.29, 1.82) is 0 Å². The molecule has 3 aromatic rings. The number of morpholine rings is 1. The van der Waals surface area contributed by atoms with Crippen LogP contribution in [0.4, 0.5) is 0 Å². The van der Waals surface area contributed by atoms with Gasteiger partial charge in [-0.1, -0.05) is 11.3 Å². The van der Waals surface area contributed by atoms with Crippen molar-refractivity contribution >= 4 is 16.3 Å². The summed E-state index contributed by atoms with van der Waals surface area (Å²) in [6, 6.07) is 3.75. The Morgan fingerprint density at radius 1 is 1.25 bits per heavy atom. The summed E-state index contributed by atoms with van der Waals surface area (Å²) in [6.07, 6.45) is 1.65. The molecule has 0 bridgehead atoms. The fourth-order valence-corrected chi connectivity index (χ4v) is 3.04. The van der Waals surface area contributed by atoms with Crippen LogP contribution in [-0.2, 0) is 11.3 Å². The third-order valence-corrected chi connectivity index (χ3v) is 4.17. The van der Waals surface area contributed by atoms with E-state index in [4.69, 9.17) is 9.15 Å². The van der Waals surface area contributed by atoms with E-state index in [1.165, 1.54) is 11.3 Å². The Hall–Kier alpha value is -1.77. The minimum Gasteiger partial charge on any atom is -0.462 e. The lowest BCUT2D eigenvalue weighted by atomic mass is 10.4. The van der Waals surface area contributed by atoms with Crippen LogP contribution in [0, 0.1) is 0 Å². The van der Waals surface area contributed by atoms with Gasteiger partial charge in [-0.2, -0.15) is 4.52 Å². The topological polar surface area (TPSA) is 68.7 Å². The van der Waals surface area contributed by atoms with E-state index in [-0.39, 0.29) is 0 Å². The molecule has 4 heterocycles. The predicted molar refractivity (Wildman–Crippen MR) is 72.5 cm³/mol. The van der Waals surface area contributed by atoms with E-state index in [2.05, 4.69) is 20.2 Å². The van der Waals surface area contributed by atoms with Crippen LogP contribution in [0.1, 0.15) is 5.82 Å². The van der Waals surface area contributed by atoms with Gasteiger partial charge in [0.25, 0.3) is 0 Å². The van der Waals surface area contributed by atoms with Gasteiger partial charge in [0, 0.05) is 13.1 Å². The first-order chi connectivity index (χ1) is 9.90. The van der Waals surface area contributed by atoms with Crippen LogP contribution in [0.3, 0.4) is 0 Å². The van der Waals surface area contributed by atoms with Crippen molar-refractivity contribution in [2.45, 2.75) is 6.54 Å². The van der Waals surface area contributed by atoms with Crippen LogP contribution in [-0.4, -0.2) is 51.0 Å². The summed E-state index contributed by atoms with van der Waals surface area (Å²) >= 11 is 1.48. The van der Waals surface area contributed by atoms with E-state index in [9.17, 15) is 0 Å². The van der Waals surface area contributed by atoms with Crippen molar-refractivity contribution < 1.29 is 9.15 Å². The second kappa shape index (κ2) is 4.97. The van der Waals surface area contributed by atoms with Gasteiger partial charge in [0.1, 0.15) is 0 Å². The molecule has 0 atom stereocenters. The second-order valence-electron chi connectivity index (χ2n) is 4.58. The van der Waals surface area contributed by atoms with Gasteiger partial charge in [0.05, 0.1) is 26.0 Å². The summed E-state index contributed by atoms with van der Waals surface area (Å²) in [6.45, 7) is 4.13. The highest BCUT2D eigenvalue weighted by molar-refractivity contribution is 7.19. The molecule has 1 aliphatic heterocycles. The fourth-order valence-electron chi connectivity index (χ4n) is 2.22. The molecule has 3 aromatic heterocycles. The molecule has 0 saturated carbocycles. The zero-order valence-corrected chi connectivity index (χ0v) is 11.5. The van der Waals surface area contributed by atoms with E-state index < -0.39 is 0 Å². The standard InChI is InChI=1S/C12H13N5O2S/c1-2-9(19-5-1)11-15-17-10(13-14-12(17)20-11)8-16-3-6-18-7-4-16/h1-2,5H,3-4,6-8H2. The lowest BCUT2D eigenvalue weighted by Crippen LogP contribution is -2.36. The van der Waals surface area contributed by atoms with Crippen LogP contribution in [0.15, 0.2) is 22.8 Å². The quantitative estimate of drug-likeness (QED) is 0.724. The number of ether oxygens (including phenoxy) is 1. The van der Waals surface area contributed by atoms with Gasteiger partial charge in [-0.15, -0.1) is 15.3 Å². The van der Waals surface area contributed by atoms with E-state index in [1.807, 2.05) is 12.1 Å². The largest absolute Gasteiger partial charge is 0.462 e. The SMILES string of the molecule is c1coc(-c2nn3c(CN4CCOCC4)nnc3s2)c1. The van der Waals surface area contributed by atoms with Crippen LogP contribution >= 0.6 is 11.3 Å². The highest BCUT2D eigenvalue weighted by atomic mass is 32.1. The van der Waals surface area contributed by atoms with Gasteiger partial charge in [-0.05, 0) is 12.1 Å². The maximum atomic E-state index is 5.37. The van der Waals surface area contributed by atoms with Crippen molar-refractivity contribution in [3.63, 3.8) is 0 Å². The maximum Gasteiger partial charge on any atom is 0.235 e. The number of furan rings is 1. The summed E-state index contributed by atoms with van der Waals surface area (Å²) in [4.78, 5) is 3.09. The molecule has 104 valence electrons. The van der Waals surface area contributed by atoms with Gasteiger partial charge in [-0.3, -0.25) is 4.90 Å². The van der Waals surface area contributed by atoms with E-state index in [1.54, 1.807) is 10.8 Å². The molecule has 0 N–H and O–H groups in total. The Kier molecular flexibility index (Phi) is 2.98. The van der Waals surface area contributed by atoms with Crippen molar-refractivity contribution in [2.75, 3.05) is 26.3 Å². The highest BCUT2D eigenvalue weighted by Gasteiger charge is 2.18. The summed E-state index contributed by atoms with van der Waals surface area (Å²) in [7, 11) is 0. The van der Waals surface area contributed by atoms with Crippen LogP contribution in [0.25, 0.3) is 15.7 Å². The zero-order valence-electron chi connectivity index (χ0n) is 10.7. The number of nitrogens with zero attached hydrogens (tertiary/aromatic N) is 5. The molecule has 1 aliphatic rings. The predicted octanol–water partition coefficient (Wildman–Crippen LogP) is 1.28. The number of rotatable bonds is 3. The van der Waals surface area contributed by atoms with Gasteiger partial charge in [-0.25, -0.2) is 0 Å². The third kappa shape index (κ3) is 2.11. The van der Waals surface area contributed by atoms with Crippen LogP contribution < -0.4 is 0 Å². The van der Waals surface area contributed by atoms with Gasteiger partial charge >= 0.3 is 0 Å². The minimum atomic E-state index is 0.742. The van der Waals surface area contributed by atoms with Crippen molar-refractivity contribution in [2.24, 2.45) is 0 Å². The van der Waals surface area contributed by atoms with Crippen LogP contribution in [0.5, 0.6) is 0 Å². The van der Waals surface area contributed by atoms with E-state index in [0.29, 0.717) is 0 Å². The molecule has 8 heteroatoms. The summed E-state index contributed by atoms with van der Waals surface area (Å²) in [5.74, 6) is 1.62. The first kappa shape index (κ1) is 12.0. The monoisotopic (exact) mass is 291 g/mol. The molecule has 0 unspecified atom stereocenters. The smallest absolute Gasteiger partial charge is 0.235 e. The summed E-state index contributed by atoms with van der Waals surface area (Å²) in [5, 5.41) is 13.8. The van der Waals surface area contributed by atoms with Gasteiger partial charge in [0.15, 0.2) is 16.6 Å². The molecule has 0 spiro atoms. The number of aromatic nitrogens is 4. The third-order valence-electron chi connectivity index (χ3n) is 3.26. The minimum absolute atomic E-state index is 0.742. The number of hydrogen-bond acceptors (Lipinski definition) is 7. The summed E-state index contributed by atoms with van der Waals surface area (Å²) in [5.41, 5.74) is 0. The molecule has 1 fully saturated rings. The normalized spacial score (nSPS) is 17.0. The molecule has 4 rings (SSSR count). The molecule has 20 heavy (non-hydrogen) atoms. The molecule has 0 aromatic carbocycles. The maximum absolute atomic E-state index is 5.37. The number of fused-ring (bicyclic) bond motifs is 1. The lowest BCUT2D eigenvalue weighted by Gasteiger charge is -2.25. The molecule has 0 radical (unpaired) electrons. The average Bonchev–Trinajstić information content (AvgIpc) is 3.17. The molecule has 7 nitrogen and oxygen atoms in total. The van der Waals surface area contributed by atoms with Crippen molar-refractivity contribution in [3.8, 4) is 10.8 Å². The molecule has 0 amide bonds. The fraction of sp³-hybridized carbons (Fsp3) is 0.417. The van der Waals surface area contributed by atoms with Crippen LogP contribution in [0.2, 0.25) is 0 Å². The number of hydrogen-bond donors (Lipinski definition) is 0. The Morgan fingerprint density at radius 3 is 2.95 bits per heavy atom. The second-order valence-corrected chi connectivity index (χ2v) is 5.54. The van der Waals surface area contributed by atoms with E-state index >= 15 is 0 Å². The van der Waals surface area contributed by atoms with Crippen molar-refractivity contribution in [3.05, 3.63) is 24.2 Å². The zero-order chi connectivity index (χ0) is 13.4. The molecule has 0 aliphatic carbocycles. The lowest BCUT2D eigenvalue weighted by molar-refractivity contribution is 0.0328. The average molecular weight is 291 g/mol. The first-order valence-electron chi connectivity index (χ1n) is 6.45. The van der Waals surface area contributed by atoms with Gasteiger partial charge in [0.2, 0.25) is 4.96 Å². The highest BCUT2D eigenvalue weighted by Crippen LogP contribution is 2.25. The van der Waals surface area contributed by atoms with Gasteiger partial charge < -0.3 is 9.15 Å². The Bertz CT molecular complexity index is 699. The van der Waals surface area contributed by atoms with E-state index in [0.717, 1.165) is 54.4 Å². The Labute approximate surface area is 118 Å². The molecule has 1 saturated heterocycles. The Morgan fingerprint density at radius 2 is 2.15 bits per heavy atom. The first-order valence-corrected chi connectivity index (χ1v) is 7.27. The Balaban J connectivity index is 1.63. The molecular weight excluding hydrogens is 278 g/mol. The van der Waals surface area contributed by atoms with Crippen molar-refractivity contribution in [1.82, 2.24) is 24.7 Å².